The van der Waals surface area contributed by atoms with Crippen LogP contribution in [-0.2, 0) is 14.3 Å². The van der Waals surface area contributed by atoms with Crippen molar-refractivity contribution in [2.24, 2.45) is 0 Å². The third-order valence-corrected chi connectivity index (χ3v) is 3.54. The van der Waals surface area contributed by atoms with Gasteiger partial charge in [-0.2, -0.15) is 0 Å². The smallest absolute Gasteiger partial charge is 0.412 e. The predicted molar refractivity (Wildman–Crippen MR) is 101 cm³/mol. The Bertz CT molecular complexity index is 817. The van der Waals surface area contributed by atoms with Gasteiger partial charge in [-0.05, 0) is 19.1 Å². The van der Waals surface area contributed by atoms with E-state index in [0.29, 0.717) is 30.3 Å². The molecule has 144 valence electrons. The van der Waals surface area contributed by atoms with Crippen LogP contribution in [0.4, 0.5) is 4.79 Å². The van der Waals surface area contributed by atoms with E-state index in [9.17, 15) is 9.59 Å². The van der Waals surface area contributed by atoms with Crippen LogP contribution in [0.15, 0.2) is 48.6 Å². The maximum Gasteiger partial charge on any atom is 0.412 e. The van der Waals surface area contributed by atoms with E-state index in [1.807, 2.05) is 24.3 Å². The second kappa shape index (κ2) is 10.2. The summed E-state index contributed by atoms with van der Waals surface area (Å²) in [6, 6.07) is 10.9. The fourth-order valence-corrected chi connectivity index (χ4v) is 2.25. The molecule has 0 unspecified atom stereocenters. The Balaban J connectivity index is 1.98. The summed E-state index contributed by atoms with van der Waals surface area (Å²) < 4.78 is 21.0. The topological polar surface area (TPSA) is 83.1 Å². The molecular weight excluding hydrogens is 350 g/mol. The average Bonchev–Trinajstić information content (AvgIpc) is 2.66. The number of ether oxygens (including phenoxy) is 4. The number of hydrogen-bond donors (Lipinski definition) is 1. The number of benzene rings is 2. The number of fused-ring (bicyclic) bond motifs is 1. The first-order valence-corrected chi connectivity index (χ1v) is 8.44. The quantitative estimate of drug-likeness (QED) is 0.413. The maximum atomic E-state index is 12.0. The molecule has 0 atom stereocenters. The Labute approximate surface area is 157 Å². The van der Waals surface area contributed by atoms with Crippen molar-refractivity contribution in [3.05, 3.63) is 48.6 Å². The van der Waals surface area contributed by atoms with Crippen LogP contribution in [0.1, 0.15) is 6.92 Å². The first-order chi connectivity index (χ1) is 13.0. The van der Waals surface area contributed by atoms with Gasteiger partial charge in [0.15, 0.2) is 0 Å². The molecule has 0 aliphatic carbocycles. The van der Waals surface area contributed by atoms with Crippen molar-refractivity contribution < 1.29 is 28.5 Å². The molecular formula is C20H23NO6. The molecule has 0 aromatic heterocycles. The Hall–Kier alpha value is -3.06. The van der Waals surface area contributed by atoms with Crippen LogP contribution in [0.3, 0.4) is 0 Å². The Morgan fingerprint density at radius 2 is 1.67 bits per heavy atom. The summed E-state index contributed by atoms with van der Waals surface area (Å²) in [6.07, 6.45) is -0.639. The summed E-state index contributed by atoms with van der Waals surface area (Å²) in [5.74, 6) is 0.587. The van der Waals surface area contributed by atoms with E-state index in [4.69, 9.17) is 18.9 Å². The summed E-state index contributed by atoms with van der Waals surface area (Å²) in [6.45, 7) is 6.10. The number of carbonyl (C=O) groups is 2. The monoisotopic (exact) mass is 373 g/mol. The molecule has 1 amide bonds. The van der Waals surface area contributed by atoms with Crippen LogP contribution in [0.25, 0.3) is 10.8 Å². The van der Waals surface area contributed by atoms with E-state index in [1.54, 1.807) is 26.2 Å². The second-order valence-electron chi connectivity index (χ2n) is 5.68. The number of hydrogen-bond acceptors (Lipinski definition) is 6. The van der Waals surface area contributed by atoms with E-state index in [1.165, 1.54) is 0 Å². The van der Waals surface area contributed by atoms with Crippen LogP contribution in [0.5, 0.6) is 11.5 Å². The van der Waals surface area contributed by atoms with E-state index in [2.05, 4.69) is 11.9 Å². The lowest BCUT2D eigenvalue weighted by molar-refractivity contribution is -0.138. The van der Waals surface area contributed by atoms with Gasteiger partial charge in [0.2, 0.25) is 0 Å². The van der Waals surface area contributed by atoms with Gasteiger partial charge in [-0.25, -0.2) is 9.59 Å². The molecule has 0 spiro atoms. The third kappa shape index (κ3) is 6.00. The van der Waals surface area contributed by atoms with Crippen LogP contribution < -0.4 is 14.8 Å². The highest BCUT2D eigenvalue weighted by atomic mass is 16.6. The van der Waals surface area contributed by atoms with E-state index in [-0.39, 0.29) is 13.2 Å². The van der Waals surface area contributed by atoms with E-state index >= 15 is 0 Å². The van der Waals surface area contributed by atoms with E-state index in [0.717, 1.165) is 10.8 Å². The fourth-order valence-electron chi connectivity index (χ4n) is 2.25. The van der Waals surface area contributed by atoms with Gasteiger partial charge in [0.25, 0.3) is 0 Å². The molecule has 1 N–H and O–H groups in total. The van der Waals surface area contributed by atoms with Gasteiger partial charge in [0.1, 0.15) is 24.7 Å². The van der Waals surface area contributed by atoms with Crippen molar-refractivity contribution in [3.63, 3.8) is 0 Å². The zero-order valence-corrected chi connectivity index (χ0v) is 15.4. The van der Waals surface area contributed by atoms with Crippen LogP contribution in [0.2, 0.25) is 0 Å². The zero-order chi connectivity index (χ0) is 19.6. The molecule has 0 saturated heterocycles. The zero-order valence-electron chi connectivity index (χ0n) is 15.4. The van der Waals surface area contributed by atoms with Crippen molar-refractivity contribution in [1.29, 1.82) is 0 Å². The van der Waals surface area contributed by atoms with Gasteiger partial charge in [0.05, 0.1) is 13.2 Å². The molecule has 0 fully saturated rings. The van der Waals surface area contributed by atoms with Gasteiger partial charge in [-0.1, -0.05) is 30.8 Å². The molecule has 27 heavy (non-hydrogen) atoms. The van der Waals surface area contributed by atoms with E-state index < -0.39 is 12.1 Å². The average molecular weight is 373 g/mol. The fraction of sp³-hybridized carbons (Fsp3) is 0.300. The molecule has 7 heteroatoms. The predicted octanol–water partition coefficient (Wildman–Crippen LogP) is 3.07. The number of nitrogens with one attached hydrogen (secondary N) is 1. The molecule has 7 nitrogen and oxygen atoms in total. The molecule has 2 rings (SSSR count). The Morgan fingerprint density at radius 1 is 1.00 bits per heavy atom. The number of esters is 1. The molecule has 0 saturated carbocycles. The Kier molecular flexibility index (Phi) is 7.63. The maximum absolute atomic E-state index is 12.0. The molecule has 0 aliphatic rings. The standard InChI is InChI=1S/C20H23NO6/c1-14(2)19(22)26-11-10-21-20(23)27-18-9-8-17(25-13-12-24-3)15-6-4-5-7-16(15)18/h4-9H,1,10-13H2,2-3H3,(H,21,23). The highest BCUT2D eigenvalue weighted by molar-refractivity contribution is 5.94. The third-order valence-electron chi connectivity index (χ3n) is 3.54. The highest BCUT2D eigenvalue weighted by Crippen LogP contribution is 2.33. The molecule has 0 heterocycles. The lowest BCUT2D eigenvalue weighted by Crippen LogP contribution is -2.30. The van der Waals surface area contributed by atoms with Gasteiger partial charge < -0.3 is 24.3 Å². The number of carbonyl (C=O) groups excluding carboxylic acids is 2. The molecule has 2 aromatic rings. The van der Waals surface area contributed by atoms with Crippen molar-refractivity contribution in [1.82, 2.24) is 5.32 Å². The summed E-state index contributed by atoms with van der Waals surface area (Å²) in [5, 5.41) is 4.11. The minimum atomic E-state index is -0.639. The van der Waals surface area contributed by atoms with Crippen molar-refractivity contribution in [3.8, 4) is 11.5 Å². The van der Waals surface area contributed by atoms with Crippen LogP contribution in [-0.4, -0.2) is 45.5 Å². The van der Waals surface area contributed by atoms with Gasteiger partial charge >= 0.3 is 12.1 Å². The molecule has 0 bridgehead atoms. The summed E-state index contributed by atoms with van der Waals surface area (Å²) in [5.41, 5.74) is 0.303. The highest BCUT2D eigenvalue weighted by Gasteiger charge is 2.11. The van der Waals surface area contributed by atoms with Gasteiger partial charge in [-0.3, -0.25) is 0 Å². The minimum absolute atomic E-state index is 0.0355. The van der Waals surface area contributed by atoms with Crippen LogP contribution >= 0.6 is 0 Å². The number of rotatable bonds is 9. The summed E-state index contributed by atoms with van der Waals surface area (Å²) in [7, 11) is 1.61. The van der Waals surface area contributed by atoms with Gasteiger partial charge in [0, 0.05) is 23.5 Å². The van der Waals surface area contributed by atoms with Gasteiger partial charge in [-0.15, -0.1) is 0 Å². The second-order valence-corrected chi connectivity index (χ2v) is 5.68. The molecule has 2 aromatic carbocycles. The first kappa shape index (κ1) is 20.3. The summed E-state index contributed by atoms with van der Waals surface area (Å²) >= 11 is 0. The lowest BCUT2D eigenvalue weighted by atomic mass is 10.1. The van der Waals surface area contributed by atoms with Crippen LogP contribution in [0, 0.1) is 0 Å². The Morgan fingerprint density at radius 3 is 2.33 bits per heavy atom. The number of methoxy groups -OCH3 is 1. The van der Waals surface area contributed by atoms with Crippen molar-refractivity contribution in [2.75, 3.05) is 33.5 Å². The SMILES string of the molecule is C=C(C)C(=O)OCCNC(=O)Oc1ccc(OCCOC)c2ccccc12. The molecule has 0 aliphatic heterocycles. The van der Waals surface area contributed by atoms with Crippen molar-refractivity contribution in [2.45, 2.75) is 6.92 Å². The first-order valence-electron chi connectivity index (χ1n) is 8.44. The summed E-state index contributed by atoms with van der Waals surface area (Å²) in [4.78, 5) is 23.3. The molecule has 0 radical (unpaired) electrons. The number of amides is 1. The van der Waals surface area contributed by atoms with Crippen molar-refractivity contribution >= 4 is 22.8 Å². The normalized spacial score (nSPS) is 10.3. The lowest BCUT2D eigenvalue weighted by Gasteiger charge is -2.13. The minimum Gasteiger partial charge on any atom is -0.491 e. The largest absolute Gasteiger partial charge is 0.491 e.